The van der Waals surface area contributed by atoms with Crippen LogP contribution in [0.15, 0.2) is 30.3 Å². The van der Waals surface area contributed by atoms with Crippen LogP contribution in [0.1, 0.15) is 24.8 Å². The topological polar surface area (TPSA) is 29.1 Å². The molecule has 0 atom stereocenters. The maximum atomic E-state index is 11.4. The van der Waals surface area contributed by atoms with Crippen molar-refractivity contribution in [3.63, 3.8) is 0 Å². The van der Waals surface area contributed by atoms with Crippen molar-refractivity contribution in [1.29, 1.82) is 0 Å². The molecule has 1 N–H and O–H groups in total. The van der Waals surface area contributed by atoms with Crippen LogP contribution in [0.5, 0.6) is 0 Å². The van der Waals surface area contributed by atoms with E-state index in [4.69, 9.17) is 0 Å². The zero-order valence-corrected chi connectivity index (χ0v) is 8.20. The quantitative estimate of drug-likeness (QED) is 0.770. The normalized spacial score (nSPS) is 15.1. The van der Waals surface area contributed by atoms with E-state index in [2.05, 4.69) is 17.4 Å². The summed E-state index contributed by atoms with van der Waals surface area (Å²) in [5.41, 5.74) is 1.23. The molecule has 14 heavy (non-hydrogen) atoms. The fraction of sp³-hybridized carbons (Fsp3) is 0.417. The molecule has 1 fully saturated rings. The molecule has 0 bridgehead atoms. The van der Waals surface area contributed by atoms with E-state index in [-0.39, 0.29) is 5.91 Å². The largest absolute Gasteiger partial charge is 0.353 e. The first-order valence-electron chi connectivity index (χ1n) is 5.18. The lowest BCUT2D eigenvalue weighted by atomic mass is 10.1. The SMILES string of the molecule is O=C(CCc1ccccc1)NC1CC1. The zero-order chi connectivity index (χ0) is 9.80. The highest BCUT2D eigenvalue weighted by molar-refractivity contribution is 5.76. The summed E-state index contributed by atoms with van der Waals surface area (Å²) in [6, 6.07) is 10.6. The van der Waals surface area contributed by atoms with Gasteiger partial charge in [0, 0.05) is 12.5 Å². The van der Waals surface area contributed by atoms with Crippen molar-refractivity contribution in [2.75, 3.05) is 0 Å². The second-order valence-corrected chi connectivity index (χ2v) is 3.83. The molecular formula is C12H15NO. The summed E-state index contributed by atoms with van der Waals surface area (Å²) in [7, 11) is 0. The number of carbonyl (C=O) groups excluding carboxylic acids is 1. The van der Waals surface area contributed by atoms with Crippen LogP contribution in [0, 0.1) is 0 Å². The first-order chi connectivity index (χ1) is 6.84. The highest BCUT2D eigenvalue weighted by atomic mass is 16.1. The van der Waals surface area contributed by atoms with Gasteiger partial charge in [0.25, 0.3) is 0 Å². The third kappa shape index (κ3) is 2.87. The molecule has 1 aromatic carbocycles. The van der Waals surface area contributed by atoms with Crippen LogP contribution < -0.4 is 5.32 Å². The van der Waals surface area contributed by atoms with Gasteiger partial charge >= 0.3 is 0 Å². The molecule has 74 valence electrons. The van der Waals surface area contributed by atoms with Crippen LogP contribution in [0.4, 0.5) is 0 Å². The fourth-order valence-electron chi connectivity index (χ4n) is 1.43. The minimum absolute atomic E-state index is 0.191. The molecule has 2 nitrogen and oxygen atoms in total. The molecule has 0 heterocycles. The Kier molecular flexibility index (Phi) is 2.82. The highest BCUT2D eigenvalue weighted by Gasteiger charge is 2.22. The highest BCUT2D eigenvalue weighted by Crippen LogP contribution is 2.18. The Morgan fingerprint density at radius 3 is 2.64 bits per heavy atom. The Bertz CT molecular complexity index is 303. The van der Waals surface area contributed by atoms with Gasteiger partial charge in [-0.3, -0.25) is 4.79 Å². The number of hydrogen-bond donors (Lipinski definition) is 1. The molecule has 0 aromatic heterocycles. The molecule has 0 radical (unpaired) electrons. The second-order valence-electron chi connectivity index (χ2n) is 3.83. The number of amides is 1. The average Bonchev–Trinajstić information content (AvgIpc) is 3.00. The minimum Gasteiger partial charge on any atom is -0.353 e. The molecule has 1 amide bonds. The summed E-state index contributed by atoms with van der Waals surface area (Å²) < 4.78 is 0. The van der Waals surface area contributed by atoms with E-state index in [0.29, 0.717) is 12.5 Å². The van der Waals surface area contributed by atoms with E-state index in [1.54, 1.807) is 0 Å². The molecule has 2 heteroatoms. The summed E-state index contributed by atoms with van der Waals surface area (Å²) in [4.78, 5) is 11.4. The summed E-state index contributed by atoms with van der Waals surface area (Å²) >= 11 is 0. The Balaban J connectivity index is 1.73. The lowest BCUT2D eigenvalue weighted by Crippen LogP contribution is -2.25. The van der Waals surface area contributed by atoms with Crippen molar-refractivity contribution in [1.82, 2.24) is 5.32 Å². The molecule has 0 spiro atoms. The summed E-state index contributed by atoms with van der Waals surface area (Å²) in [6.07, 6.45) is 3.79. The number of carbonyl (C=O) groups is 1. The van der Waals surface area contributed by atoms with Crippen molar-refractivity contribution in [2.24, 2.45) is 0 Å². The maximum Gasteiger partial charge on any atom is 0.220 e. The van der Waals surface area contributed by atoms with Crippen molar-refractivity contribution in [3.8, 4) is 0 Å². The Hall–Kier alpha value is -1.31. The Labute approximate surface area is 84.3 Å². The molecule has 0 aliphatic heterocycles. The van der Waals surface area contributed by atoms with Crippen LogP contribution in [0.25, 0.3) is 0 Å². The van der Waals surface area contributed by atoms with Crippen molar-refractivity contribution >= 4 is 5.91 Å². The Morgan fingerprint density at radius 2 is 2.00 bits per heavy atom. The second kappa shape index (κ2) is 4.27. The van der Waals surface area contributed by atoms with E-state index in [9.17, 15) is 4.79 Å². The number of nitrogens with one attached hydrogen (secondary N) is 1. The molecular weight excluding hydrogens is 174 g/mol. The number of hydrogen-bond acceptors (Lipinski definition) is 1. The number of benzene rings is 1. The van der Waals surface area contributed by atoms with Gasteiger partial charge in [-0.15, -0.1) is 0 Å². The third-order valence-electron chi connectivity index (χ3n) is 2.43. The van der Waals surface area contributed by atoms with Crippen molar-refractivity contribution in [3.05, 3.63) is 35.9 Å². The lowest BCUT2D eigenvalue weighted by molar-refractivity contribution is -0.121. The first kappa shape index (κ1) is 9.25. The van der Waals surface area contributed by atoms with Crippen LogP contribution in [0.2, 0.25) is 0 Å². The molecule has 1 aliphatic carbocycles. The van der Waals surface area contributed by atoms with Crippen LogP contribution >= 0.6 is 0 Å². The molecule has 1 saturated carbocycles. The minimum atomic E-state index is 0.191. The van der Waals surface area contributed by atoms with Crippen LogP contribution in [0.3, 0.4) is 0 Å². The predicted octanol–water partition coefficient (Wildman–Crippen LogP) is 1.90. The Morgan fingerprint density at radius 1 is 1.29 bits per heavy atom. The van der Waals surface area contributed by atoms with Gasteiger partial charge in [-0.25, -0.2) is 0 Å². The standard InChI is InChI=1S/C12H15NO/c14-12(13-11-7-8-11)9-6-10-4-2-1-3-5-10/h1-5,11H,6-9H2,(H,13,14). The van der Waals surface area contributed by atoms with Crippen molar-refractivity contribution < 1.29 is 4.79 Å². The zero-order valence-electron chi connectivity index (χ0n) is 8.20. The monoisotopic (exact) mass is 189 g/mol. The molecule has 0 saturated heterocycles. The van der Waals surface area contributed by atoms with Gasteiger partial charge in [0.2, 0.25) is 5.91 Å². The van der Waals surface area contributed by atoms with E-state index in [0.717, 1.165) is 19.3 Å². The van der Waals surface area contributed by atoms with E-state index in [1.165, 1.54) is 5.56 Å². The van der Waals surface area contributed by atoms with Gasteiger partial charge in [-0.1, -0.05) is 30.3 Å². The van der Waals surface area contributed by atoms with Gasteiger partial charge in [0.05, 0.1) is 0 Å². The maximum absolute atomic E-state index is 11.4. The fourth-order valence-corrected chi connectivity index (χ4v) is 1.43. The van der Waals surface area contributed by atoms with Gasteiger partial charge in [-0.2, -0.15) is 0 Å². The predicted molar refractivity (Wildman–Crippen MR) is 55.9 cm³/mol. The third-order valence-corrected chi connectivity index (χ3v) is 2.43. The van der Waals surface area contributed by atoms with Gasteiger partial charge in [-0.05, 0) is 24.8 Å². The van der Waals surface area contributed by atoms with Gasteiger partial charge < -0.3 is 5.32 Å². The van der Waals surface area contributed by atoms with Crippen LogP contribution in [-0.2, 0) is 11.2 Å². The summed E-state index contributed by atoms with van der Waals surface area (Å²) in [5, 5.41) is 2.99. The molecule has 1 aliphatic rings. The van der Waals surface area contributed by atoms with E-state index in [1.807, 2.05) is 18.2 Å². The lowest BCUT2D eigenvalue weighted by Gasteiger charge is -2.02. The smallest absolute Gasteiger partial charge is 0.220 e. The average molecular weight is 189 g/mol. The molecule has 1 aromatic rings. The van der Waals surface area contributed by atoms with Gasteiger partial charge in [0.1, 0.15) is 0 Å². The van der Waals surface area contributed by atoms with Gasteiger partial charge in [0.15, 0.2) is 0 Å². The van der Waals surface area contributed by atoms with Crippen molar-refractivity contribution in [2.45, 2.75) is 31.7 Å². The number of rotatable bonds is 4. The summed E-state index contributed by atoms with van der Waals surface area (Å²) in [5.74, 6) is 0.191. The van der Waals surface area contributed by atoms with E-state index < -0.39 is 0 Å². The number of aryl methyl sites for hydroxylation is 1. The molecule has 2 rings (SSSR count). The first-order valence-corrected chi connectivity index (χ1v) is 5.18. The van der Waals surface area contributed by atoms with Crippen LogP contribution in [-0.4, -0.2) is 11.9 Å². The van der Waals surface area contributed by atoms with E-state index >= 15 is 0 Å². The molecule has 0 unspecified atom stereocenters. The summed E-state index contributed by atoms with van der Waals surface area (Å²) in [6.45, 7) is 0.